The number of H-pyrrole nitrogens is 1. The summed E-state index contributed by atoms with van der Waals surface area (Å²) in [5.74, 6) is 5.95. The molecule has 0 spiro atoms. The summed E-state index contributed by atoms with van der Waals surface area (Å²) in [4.78, 5) is 35.1. The van der Waals surface area contributed by atoms with Gasteiger partial charge in [-0.1, -0.05) is 0 Å². The van der Waals surface area contributed by atoms with Gasteiger partial charge in [-0.05, 0) is 56.3 Å². The van der Waals surface area contributed by atoms with Gasteiger partial charge in [0.15, 0.2) is 0 Å². The van der Waals surface area contributed by atoms with Crippen molar-refractivity contribution in [3.63, 3.8) is 0 Å². The first-order chi connectivity index (χ1) is 19.9. The Morgan fingerprint density at radius 2 is 1.27 bits per heavy atom. The van der Waals surface area contributed by atoms with Crippen molar-refractivity contribution in [2.75, 3.05) is 0 Å². The molecule has 8 aliphatic rings. The number of carbonyl (C=O) groups excluding carboxylic acids is 2. The minimum absolute atomic E-state index is 0.0241. The molecule has 0 unspecified atom stereocenters. The average molecular weight is 661 g/mol. The number of aromatic amines is 1. The fraction of sp³-hybridized carbons (Fsp3) is 0.571. The third-order valence-electron chi connectivity index (χ3n) is 11.8. The SMILES string of the molecule is O=C(NC12CC3CC(CC(C3)C1)C2)c1ccc(-c2nc3ccc(C(=O)[I-]C45CC6CC(CC(C6)C4)C5)cc3[nH]2)cc1. The standard InChI is InChI=1S/C35H39IN3O2/c40-31(36-34-14-20-7-21(15-34)9-22(8-20)16-34)28-5-6-29-30(13-28)38-32(37-29)26-1-3-27(4-2-26)33(41)39-35-17-23-10-24(18-35)12-25(11-23)19-35/h1-6,13,20-25H,7-12,14-19H2,(H,37,38)(H,39,41)/q-1. The van der Waals surface area contributed by atoms with Crippen molar-refractivity contribution < 1.29 is 30.8 Å². The van der Waals surface area contributed by atoms with Crippen LogP contribution in [0.25, 0.3) is 22.4 Å². The molecule has 11 rings (SSSR count). The number of halogens is 1. The molecule has 0 aliphatic heterocycles. The number of rotatable bonds is 6. The predicted molar refractivity (Wildman–Crippen MR) is 155 cm³/mol. The molecule has 2 aromatic carbocycles. The summed E-state index contributed by atoms with van der Waals surface area (Å²) < 4.78 is 0.765. The van der Waals surface area contributed by atoms with E-state index in [0.29, 0.717) is 7.21 Å². The van der Waals surface area contributed by atoms with Crippen molar-refractivity contribution in [1.29, 1.82) is 0 Å². The van der Waals surface area contributed by atoms with Crippen molar-refractivity contribution in [2.24, 2.45) is 35.5 Å². The summed E-state index contributed by atoms with van der Waals surface area (Å²) in [5, 5.41) is 3.49. The average Bonchev–Trinajstić information content (AvgIpc) is 3.35. The van der Waals surface area contributed by atoms with Gasteiger partial charge in [0.05, 0.1) is 0 Å². The molecule has 1 aromatic heterocycles. The number of hydrogen-bond donors (Lipinski definition) is 2. The molecule has 0 radical (unpaired) electrons. The zero-order chi connectivity index (χ0) is 27.3. The molecule has 8 fully saturated rings. The number of fused-ring (bicyclic) bond motifs is 1. The molecule has 41 heavy (non-hydrogen) atoms. The van der Waals surface area contributed by atoms with Gasteiger partial charge in [-0.25, -0.2) is 0 Å². The van der Waals surface area contributed by atoms with Crippen LogP contribution in [-0.2, 0) is 0 Å². The Labute approximate surface area is 252 Å². The first-order valence-electron chi connectivity index (χ1n) is 16.0. The van der Waals surface area contributed by atoms with E-state index in [9.17, 15) is 9.59 Å². The summed E-state index contributed by atoms with van der Waals surface area (Å²) >= 11 is -0.524. The number of nitrogens with zero attached hydrogens (tertiary/aromatic N) is 1. The maximum absolute atomic E-state index is 13.6. The van der Waals surface area contributed by atoms with E-state index in [0.717, 1.165) is 88.3 Å². The molecule has 0 saturated heterocycles. The van der Waals surface area contributed by atoms with Crippen LogP contribution < -0.4 is 26.5 Å². The Hall–Kier alpha value is -2.22. The quantitative estimate of drug-likeness (QED) is 0.238. The zero-order valence-corrected chi connectivity index (χ0v) is 25.8. The normalized spacial score (nSPS) is 38.1. The predicted octanol–water partition coefficient (Wildman–Crippen LogP) is 4.13. The van der Waals surface area contributed by atoms with Gasteiger partial charge in [0.25, 0.3) is 0 Å². The Bertz CT molecular complexity index is 1480. The number of carbonyl (C=O) groups is 2. The molecule has 8 saturated carbocycles. The Morgan fingerprint density at radius 1 is 0.732 bits per heavy atom. The van der Waals surface area contributed by atoms with Crippen LogP contribution in [-0.4, -0.2) is 28.6 Å². The number of nitrogens with one attached hydrogen (secondary N) is 2. The van der Waals surface area contributed by atoms with Crippen LogP contribution in [0, 0.1) is 35.5 Å². The second kappa shape index (κ2) is 9.14. The molecular formula is C35H39IN3O2-. The van der Waals surface area contributed by atoms with Gasteiger partial charge in [0, 0.05) is 5.54 Å². The number of hydrogen-bond acceptors (Lipinski definition) is 3. The monoisotopic (exact) mass is 660 g/mol. The fourth-order valence-corrected chi connectivity index (χ4v) is 15.2. The first kappa shape index (κ1) is 25.3. The Balaban J connectivity index is 0.903. The molecule has 8 bridgehead atoms. The Morgan fingerprint density at radius 3 is 1.85 bits per heavy atom. The van der Waals surface area contributed by atoms with Crippen molar-refractivity contribution in [1.82, 2.24) is 15.3 Å². The second-order valence-corrected chi connectivity index (χ2v) is 18.8. The van der Waals surface area contributed by atoms with Crippen LogP contribution in [0.15, 0.2) is 42.5 Å². The van der Waals surface area contributed by atoms with Crippen molar-refractivity contribution in [2.45, 2.75) is 86.0 Å². The van der Waals surface area contributed by atoms with Crippen LogP contribution in [0.1, 0.15) is 97.8 Å². The molecule has 5 nitrogen and oxygen atoms in total. The molecule has 1 heterocycles. The van der Waals surface area contributed by atoms with E-state index in [2.05, 4.69) is 10.3 Å². The van der Waals surface area contributed by atoms with Gasteiger partial charge in [0.1, 0.15) is 0 Å². The van der Waals surface area contributed by atoms with Crippen LogP contribution in [0.2, 0.25) is 0 Å². The van der Waals surface area contributed by atoms with E-state index < -0.39 is 21.2 Å². The molecule has 214 valence electrons. The maximum atomic E-state index is 13.6. The zero-order valence-electron chi connectivity index (χ0n) is 23.6. The Kier molecular flexibility index (Phi) is 5.64. The third kappa shape index (κ3) is 4.41. The van der Waals surface area contributed by atoms with Crippen LogP contribution in [0.5, 0.6) is 0 Å². The first-order valence-corrected chi connectivity index (χ1v) is 18.2. The van der Waals surface area contributed by atoms with Gasteiger partial charge in [-0.3, -0.25) is 0 Å². The van der Waals surface area contributed by atoms with Crippen molar-refractivity contribution >= 4 is 20.7 Å². The second-order valence-electron chi connectivity index (χ2n) is 15.0. The molecule has 8 aliphatic carbocycles. The summed E-state index contributed by atoms with van der Waals surface area (Å²) in [5.41, 5.74) is 4.37. The van der Waals surface area contributed by atoms with Gasteiger partial charge < -0.3 is 0 Å². The van der Waals surface area contributed by atoms with E-state index in [4.69, 9.17) is 4.98 Å². The van der Waals surface area contributed by atoms with Crippen molar-refractivity contribution in [3.05, 3.63) is 53.6 Å². The third-order valence-corrected chi connectivity index (χ3v) is 15.4. The number of benzene rings is 2. The number of alkyl halides is 1. The molecule has 2 N–H and O–H groups in total. The van der Waals surface area contributed by atoms with Crippen molar-refractivity contribution in [3.8, 4) is 11.4 Å². The van der Waals surface area contributed by atoms with E-state index in [1.807, 2.05) is 42.5 Å². The fourth-order valence-electron chi connectivity index (χ4n) is 11.0. The minimum atomic E-state index is -0.524. The van der Waals surface area contributed by atoms with Crippen LogP contribution >= 0.6 is 0 Å². The van der Waals surface area contributed by atoms with Gasteiger partial charge in [-0.2, -0.15) is 0 Å². The van der Waals surface area contributed by atoms with E-state index in [1.54, 1.807) is 0 Å². The van der Waals surface area contributed by atoms with Crippen LogP contribution in [0.4, 0.5) is 0 Å². The van der Waals surface area contributed by atoms with E-state index >= 15 is 0 Å². The molecular weight excluding hydrogens is 621 g/mol. The number of imidazole rings is 1. The number of aromatic nitrogens is 2. The molecule has 6 heteroatoms. The van der Waals surface area contributed by atoms with Gasteiger partial charge in [0.2, 0.25) is 0 Å². The van der Waals surface area contributed by atoms with Gasteiger partial charge in [-0.15, -0.1) is 0 Å². The summed E-state index contributed by atoms with van der Waals surface area (Å²) in [6.07, 6.45) is 15.8. The number of amides is 1. The molecule has 1 amide bonds. The van der Waals surface area contributed by atoms with Crippen LogP contribution in [0.3, 0.4) is 0 Å². The topological polar surface area (TPSA) is 74.8 Å². The summed E-state index contributed by atoms with van der Waals surface area (Å²) in [6, 6.07) is 13.9. The summed E-state index contributed by atoms with van der Waals surface area (Å²) in [6.45, 7) is 0. The summed E-state index contributed by atoms with van der Waals surface area (Å²) in [7, 11) is 0. The van der Waals surface area contributed by atoms with Gasteiger partial charge >= 0.3 is 191 Å². The van der Waals surface area contributed by atoms with E-state index in [1.165, 1.54) is 57.8 Å². The molecule has 3 aromatic rings. The van der Waals surface area contributed by atoms with E-state index in [-0.39, 0.29) is 11.4 Å². The molecule has 0 atom stereocenters.